The minimum absolute atomic E-state index is 0.0207. The van der Waals surface area contributed by atoms with Gasteiger partial charge in [-0.3, -0.25) is 0 Å². The van der Waals surface area contributed by atoms with Crippen molar-refractivity contribution in [2.75, 3.05) is 0 Å². The highest BCUT2D eigenvalue weighted by Gasteiger charge is 2.51. The van der Waals surface area contributed by atoms with E-state index in [2.05, 4.69) is 13.8 Å². The van der Waals surface area contributed by atoms with Gasteiger partial charge in [0.05, 0.1) is 12.9 Å². The molecule has 1 N–H and O–H groups in total. The summed E-state index contributed by atoms with van der Waals surface area (Å²) < 4.78 is 11.6. The van der Waals surface area contributed by atoms with E-state index in [-0.39, 0.29) is 30.0 Å². The van der Waals surface area contributed by atoms with E-state index in [9.17, 15) is 9.90 Å². The molecule has 3 rings (SSSR count). The zero-order valence-electron chi connectivity index (χ0n) is 15.1. The number of fused-ring (bicyclic) bond motifs is 2. The molecule has 24 heavy (non-hydrogen) atoms. The van der Waals surface area contributed by atoms with E-state index >= 15 is 0 Å². The third-order valence-electron chi connectivity index (χ3n) is 6.52. The molecule has 0 unspecified atom stereocenters. The summed E-state index contributed by atoms with van der Waals surface area (Å²) in [5.74, 6) is 1.56. The maximum absolute atomic E-state index is 12.3. The Labute approximate surface area is 143 Å². The van der Waals surface area contributed by atoms with Crippen LogP contribution in [0.5, 0.6) is 0 Å². The molecule has 0 saturated heterocycles. The van der Waals surface area contributed by atoms with Crippen LogP contribution in [0.4, 0.5) is 0 Å². The van der Waals surface area contributed by atoms with Gasteiger partial charge in [-0.05, 0) is 50.0 Å². The van der Waals surface area contributed by atoms with Gasteiger partial charge in [0, 0.05) is 23.5 Å². The normalized spacial score (nSPS) is 32.9. The van der Waals surface area contributed by atoms with Crippen molar-refractivity contribution in [3.05, 3.63) is 34.8 Å². The number of aliphatic hydroxyl groups is 1. The molecule has 1 aromatic rings. The number of hydrogen-bond acceptors (Lipinski definition) is 4. The van der Waals surface area contributed by atoms with Crippen molar-refractivity contribution >= 4 is 5.97 Å². The molecule has 0 aromatic carbocycles. The Kier molecular flexibility index (Phi) is 4.60. The topological polar surface area (TPSA) is 59.7 Å². The number of carbonyl (C=O) groups excluding carboxylic acids is 1. The zero-order chi connectivity index (χ0) is 17.5. The molecule has 1 aromatic heterocycles. The molecule has 4 nitrogen and oxygen atoms in total. The van der Waals surface area contributed by atoms with Crippen molar-refractivity contribution in [2.45, 2.75) is 66.1 Å². The lowest BCUT2D eigenvalue weighted by molar-refractivity contribution is -0.157. The SMILES string of the molecule is C/C=C(\C)C(=O)O[C@@H]1CC[C@H](C)[C@@]2(C)Cc3c(CO)coc3C[C@@H]12. The number of aliphatic hydroxyl groups excluding tert-OH is 1. The Hall–Kier alpha value is -1.55. The van der Waals surface area contributed by atoms with Crippen LogP contribution >= 0.6 is 0 Å². The van der Waals surface area contributed by atoms with E-state index in [0.717, 1.165) is 37.0 Å². The minimum atomic E-state index is -0.208. The summed E-state index contributed by atoms with van der Waals surface area (Å²) in [4.78, 5) is 12.3. The highest BCUT2D eigenvalue weighted by molar-refractivity contribution is 5.87. The molecule has 2 aliphatic rings. The van der Waals surface area contributed by atoms with Crippen LogP contribution in [0.2, 0.25) is 0 Å². The van der Waals surface area contributed by atoms with Gasteiger partial charge in [0.2, 0.25) is 0 Å². The number of rotatable bonds is 3. The molecule has 0 aliphatic heterocycles. The predicted octanol–water partition coefficient (Wildman–Crippen LogP) is 3.80. The molecule has 0 amide bonds. The van der Waals surface area contributed by atoms with Crippen LogP contribution in [-0.4, -0.2) is 17.2 Å². The molecular formula is C20H28O4. The van der Waals surface area contributed by atoms with Crippen molar-refractivity contribution in [1.82, 2.24) is 0 Å². The first-order chi connectivity index (χ1) is 11.4. The number of hydrogen-bond donors (Lipinski definition) is 1. The second-order valence-electron chi connectivity index (χ2n) is 7.71. The quantitative estimate of drug-likeness (QED) is 0.675. The monoisotopic (exact) mass is 332 g/mol. The molecule has 132 valence electrons. The number of ether oxygens (including phenoxy) is 1. The van der Waals surface area contributed by atoms with Crippen LogP contribution in [0.1, 0.15) is 57.4 Å². The largest absolute Gasteiger partial charge is 0.469 e. The van der Waals surface area contributed by atoms with Crippen LogP contribution in [0.25, 0.3) is 0 Å². The summed E-state index contributed by atoms with van der Waals surface area (Å²) in [5, 5.41) is 9.55. The standard InChI is InChI=1S/C20H28O4/c1-5-12(2)19(22)24-17-7-6-13(3)20(4)9-15-14(10-21)11-23-18(15)8-16(17)20/h5,11,13,16-17,21H,6-10H2,1-4H3/b12-5+/t13-,16-,17+,20+/m0/s1. The first-order valence-electron chi connectivity index (χ1n) is 8.93. The molecule has 4 heteroatoms. The van der Waals surface area contributed by atoms with Crippen molar-refractivity contribution in [3.8, 4) is 0 Å². The van der Waals surface area contributed by atoms with Crippen molar-refractivity contribution in [3.63, 3.8) is 0 Å². The average Bonchev–Trinajstić information content (AvgIpc) is 2.97. The summed E-state index contributed by atoms with van der Waals surface area (Å²) in [6.45, 7) is 8.28. The van der Waals surface area contributed by atoms with Gasteiger partial charge in [0.15, 0.2) is 0 Å². The highest BCUT2D eigenvalue weighted by Crippen LogP contribution is 2.53. The fourth-order valence-corrected chi connectivity index (χ4v) is 4.45. The van der Waals surface area contributed by atoms with Crippen LogP contribution in [0.3, 0.4) is 0 Å². The summed E-state index contributed by atoms with van der Waals surface area (Å²) >= 11 is 0. The van der Waals surface area contributed by atoms with Crippen molar-refractivity contribution in [1.29, 1.82) is 0 Å². The third kappa shape index (κ3) is 2.71. The van der Waals surface area contributed by atoms with Gasteiger partial charge in [0.1, 0.15) is 11.9 Å². The van der Waals surface area contributed by atoms with Gasteiger partial charge in [-0.15, -0.1) is 0 Å². The predicted molar refractivity (Wildman–Crippen MR) is 91.3 cm³/mol. The van der Waals surface area contributed by atoms with E-state index in [0.29, 0.717) is 11.5 Å². The fourth-order valence-electron chi connectivity index (χ4n) is 4.45. The molecule has 0 spiro atoms. The second kappa shape index (κ2) is 6.40. The molecule has 1 heterocycles. The number of esters is 1. The van der Waals surface area contributed by atoms with Crippen LogP contribution in [0.15, 0.2) is 22.3 Å². The zero-order valence-corrected chi connectivity index (χ0v) is 15.1. The first kappa shape index (κ1) is 17.3. The van der Waals surface area contributed by atoms with Crippen LogP contribution in [0, 0.1) is 17.3 Å². The minimum Gasteiger partial charge on any atom is -0.469 e. The van der Waals surface area contributed by atoms with Gasteiger partial charge in [-0.2, -0.15) is 0 Å². The molecular weight excluding hydrogens is 304 g/mol. The van der Waals surface area contributed by atoms with E-state index in [1.165, 1.54) is 5.56 Å². The molecule has 4 atom stereocenters. The Morgan fingerprint density at radius 2 is 2.25 bits per heavy atom. The third-order valence-corrected chi connectivity index (χ3v) is 6.52. The lowest BCUT2D eigenvalue weighted by atomic mass is 9.54. The summed E-state index contributed by atoms with van der Waals surface area (Å²) in [5.41, 5.74) is 2.79. The van der Waals surface area contributed by atoms with Gasteiger partial charge in [-0.1, -0.05) is 19.9 Å². The van der Waals surface area contributed by atoms with Crippen molar-refractivity contribution < 1.29 is 19.1 Å². The number of allylic oxidation sites excluding steroid dienone is 1. The van der Waals surface area contributed by atoms with Gasteiger partial charge >= 0.3 is 5.97 Å². The molecule has 1 fully saturated rings. The second-order valence-corrected chi connectivity index (χ2v) is 7.71. The Balaban J connectivity index is 1.90. The Morgan fingerprint density at radius 1 is 1.50 bits per heavy atom. The van der Waals surface area contributed by atoms with Crippen LogP contribution < -0.4 is 0 Å². The molecule has 0 bridgehead atoms. The van der Waals surface area contributed by atoms with Gasteiger partial charge in [-0.25, -0.2) is 4.79 Å². The lowest BCUT2D eigenvalue weighted by Gasteiger charge is -2.51. The smallest absolute Gasteiger partial charge is 0.333 e. The fraction of sp³-hybridized carbons (Fsp3) is 0.650. The number of furan rings is 1. The van der Waals surface area contributed by atoms with Gasteiger partial charge < -0.3 is 14.3 Å². The molecule has 2 aliphatic carbocycles. The van der Waals surface area contributed by atoms with E-state index in [1.807, 2.05) is 6.92 Å². The Morgan fingerprint density at radius 3 is 2.92 bits per heavy atom. The maximum Gasteiger partial charge on any atom is 0.333 e. The first-order valence-corrected chi connectivity index (χ1v) is 8.93. The lowest BCUT2D eigenvalue weighted by Crippen LogP contribution is -2.51. The van der Waals surface area contributed by atoms with Gasteiger partial charge in [0.25, 0.3) is 0 Å². The van der Waals surface area contributed by atoms with E-state index in [1.54, 1.807) is 19.3 Å². The summed E-state index contributed by atoms with van der Waals surface area (Å²) in [6.07, 6.45) is 7.05. The Bertz CT molecular complexity index is 657. The summed E-state index contributed by atoms with van der Waals surface area (Å²) in [7, 11) is 0. The van der Waals surface area contributed by atoms with E-state index in [4.69, 9.17) is 9.15 Å². The van der Waals surface area contributed by atoms with E-state index < -0.39 is 0 Å². The molecule has 0 radical (unpaired) electrons. The maximum atomic E-state index is 12.3. The van der Waals surface area contributed by atoms with Crippen LogP contribution in [-0.2, 0) is 29.0 Å². The highest BCUT2D eigenvalue weighted by atomic mass is 16.5. The summed E-state index contributed by atoms with van der Waals surface area (Å²) in [6, 6.07) is 0. The number of carbonyl (C=O) groups is 1. The molecule has 1 saturated carbocycles. The average molecular weight is 332 g/mol. The van der Waals surface area contributed by atoms with Crippen molar-refractivity contribution in [2.24, 2.45) is 17.3 Å².